The molecule has 0 aliphatic heterocycles. The average Bonchev–Trinajstić information content (AvgIpc) is 2.77. The van der Waals surface area contributed by atoms with Crippen molar-refractivity contribution < 1.29 is 9.15 Å². The van der Waals surface area contributed by atoms with Crippen LogP contribution in [0.25, 0.3) is 11.1 Å². The minimum Gasteiger partial charge on any atom is -0.409 e. The second kappa shape index (κ2) is 4.07. The fourth-order valence-corrected chi connectivity index (χ4v) is 1.73. The van der Waals surface area contributed by atoms with Crippen LogP contribution >= 0.6 is 0 Å². The predicted octanol–water partition coefficient (Wildman–Crippen LogP) is 3.51. The Morgan fingerprint density at radius 3 is 2.78 bits per heavy atom. The Balaban J connectivity index is 1.99. The summed E-state index contributed by atoms with van der Waals surface area (Å²) >= 11 is 0. The van der Waals surface area contributed by atoms with Crippen LogP contribution in [0.5, 0.6) is 11.8 Å². The smallest absolute Gasteiger partial charge is 0.400 e. The van der Waals surface area contributed by atoms with E-state index >= 15 is 0 Å². The number of ether oxygens (including phenoxy) is 1. The number of nitrogens with zero attached hydrogens (tertiary/aromatic N) is 1. The highest BCUT2D eigenvalue weighted by atomic mass is 16.6. The largest absolute Gasteiger partial charge is 0.409 e. The van der Waals surface area contributed by atoms with E-state index in [4.69, 9.17) is 14.9 Å². The number of aryl methyl sites for hydroxylation is 1. The van der Waals surface area contributed by atoms with Crippen LogP contribution in [0.15, 0.2) is 46.9 Å². The van der Waals surface area contributed by atoms with Crippen LogP contribution in [-0.2, 0) is 0 Å². The summed E-state index contributed by atoms with van der Waals surface area (Å²) in [5.41, 5.74) is 8.94. The van der Waals surface area contributed by atoms with E-state index in [1.165, 1.54) is 0 Å². The maximum atomic E-state index is 5.93. The molecule has 0 spiro atoms. The molecule has 4 heteroatoms. The number of aromatic nitrogens is 1. The van der Waals surface area contributed by atoms with Crippen LogP contribution in [0.1, 0.15) is 5.56 Å². The second-order valence-corrected chi connectivity index (χ2v) is 4.04. The van der Waals surface area contributed by atoms with Gasteiger partial charge in [-0.1, -0.05) is 24.3 Å². The van der Waals surface area contributed by atoms with Crippen LogP contribution in [0.4, 0.5) is 5.69 Å². The molecule has 0 bridgehead atoms. The fraction of sp³-hybridized carbons (Fsp3) is 0.0714. The summed E-state index contributed by atoms with van der Waals surface area (Å²) in [4.78, 5) is 4.23. The van der Waals surface area contributed by atoms with E-state index < -0.39 is 0 Å². The molecule has 0 aliphatic carbocycles. The van der Waals surface area contributed by atoms with Gasteiger partial charge in [0.1, 0.15) is 5.52 Å². The van der Waals surface area contributed by atoms with Crippen molar-refractivity contribution in [3.05, 3.63) is 48.0 Å². The van der Waals surface area contributed by atoms with Gasteiger partial charge < -0.3 is 14.9 Å². The fourth-order valence-electron chi connectivity index (χ4n) is 1.73. The van der Waals surface area contributed by atoms with Crippen LogP contribution in [-0.4, -0.2) is 4.98 Å². The third kappa shape index (κ3) is 1.78. The van der Waals surface area contributed by atoms with E-state index in [0.29, 0.717) is 17.0 Å². The van der Waals surface area contributed by atoms with Crippen molar-refractivity contribution in [1.82, 2.24) is 4.98 Å². The van der Waals surface area contributed by atoms with Gasteiger partial charge in [-0.25, -0.2) is 0 Å². The standard InChI is InChI=1S/C14H12N2O2/c1-9-5-4-8-12(13(9)15)18-14-16-10-6-2-3-7-11(10)17-14/h2-8H,15H2,1H3. The van der Waals surface area contributed by atoms with E-state index in [9.17, 15) is 0 Å². The summed E-state index contributed by atoms with van der Waals surface area (Å²) in [6.45, 7) is 1.92. The molecule has 0 unspecified atom stereocenters. The van der Waals surface area contributed by atoms with Crippen molar-refractivity contribution in [2.45, 2.75) is 6.92 Å². The molecule has 2 aromatic carbocycles. The van der Waals surface area contributed by atoms with Gasteiger partial charge in [0.25, 0.3) is 0 Å². The number of hydrogen-bond donors (Lipinski definition) is 1. The molecule has 4 nitrogen and oxygen atoms in total. The predicted molar refractivity (Wildman–Crippen MR) is 69.7 cm³/mol. The molecule has 0 fully saturated rings. The van der Waals surface area contributed by atoms with Gasteiger partial charge in [-0.15, -0.1) is 0 Å². The van der Waals surface area contributed by atoms with Crippen LogP contribution in [0, 0.1) is 6.92 Å². The lowest BCUT2D eigenvalue weighted by molar-refractivity contribution is 0.344. The highest BCUT2D eigenvalue weighted by Crippen LogP contribution is 2.30. The second-order valence-electron chi connectivity index (χ2n) is 4.04. The SMILES string of the molecule is Cc1cccc(Oc2nc3ccccc3o2)c1N. The van der Waals surface area contributed by atoms with E-state index in [-0.39, 0.29) is 6.08 Å². The lowest BCUT2D eigenvalue weighted by Crippen LogP contribution is -1.94. The Kier molecular flexibility index (Phi) is 2.41. The molecule has 18 heavy (non-hydrogen) atoms. The minimum atomic E-state index is 0.202. The molecular weight excluding hydrogens is 228 g/mol. The van der Waals surface area contributed by atoms with E-state index in [2.05, 4.69) is 4.98 Å². The monoisotopic (exact) mass is 240 g/mol. The van der Waals surface area contributed by atoms with Gasteiger partial charge >= 0.3 is 6.08 Å². The van der Waals surface area contributed by atoms with E-state index in [1.54, 1.807) is 6.07 Å². The lowest BCUT2D eigenvalue weighted by Gasteiger charge is -2.06. The van der Waals surface area contributed by atoms with E-state index in [0.717, 1.165) is 11.1 Å². The first-order chi connectivity index (χ1) is 8.74. The summed E-state index contributed by atoms with van der Waals surface area (Å²) in [6, 6.07) is 13.1. The number of fused-ring (bicyclic) bond motifs is 1. The summed E-state index contributed by atoms with van der Waals surface area (Å²) in [5, 5.41) is 0. The topological polar surface area (TPSA) is 61.3 Å². The average molecular weight is 240 g/mol. The molecular formula is C14H12N2O2. The number of benzene rings is 2. The third-order valence-corrected chi connectivity index (χ3v) is 2.76. The molecule has 0 radical (unpaired) electrons. The molecule has 1 aromatic heterocycles. The van der Waals surface area contributed by atoms with Gasteiger partial charge in [-0.2, -0.15) is 4.98 Å². The molecule has 0 saturated carbocycles. The first-order valence-corrected chi connectivity index (χ1v) is 5.62. The summed E-state index contributed by atoms with van der Waals surface area (Å²) in [7, 11) is 0. The molecule has 0 amide bonds. The summed E-state index contributed by atoms with van der Waals surface area (Å²) < 4.78 is 11.1. The van der Waals surface area contributed by atoms with Crippen molar-refractivity contribution in [2.24, 2.45) is 0 Å². The number of nitrogen functional groups attached to an aromatic ring is 1. The Bertz CT molecular complexity index is 671. The number of anilines is 1. The Morgan fingerprint density at radius 2 is 1.94 bits per heavy atom. The lowest BCUT2D eigenvalue weighted by atomic mass is 10.2. The maximum absolute atomic E-state index is 5.93. The van der Waals surface area contributed by atoms with Crippen molar-refractivity contribution in [2.75, 3.05) is 5.73 Å². The van der Waals surface area contributed by atoms with Crippen LogP contribution in [0.3, 0.4) is 0 Å². The highest BCUT2D eigenvalue weighted by molar-refractivity contribution is 5.72. The van der Waals surface area contributed by atoms with E-state index in [1.807, 2.05) is 43.3 Å². The van der Waals surface area contributed by atoms with Gasteiger partial charge in [0.05, 0.1) is 5.69 Å². The van der Waals surface area contributed by atoms with Gasteiger partial charge in [-0.3, -0.25) is 0 Å². The Hall–Kier alpha value is -2.49. The van der Waals surface area contributed by atoms with Crippen molar-refractivity contribution in [3.63, 3.8) is 0 Å². The van der Waals surface area contributed by atoms with Gasteiger partial charge in [0.2, 0.25) is 0 Å². The molecule has 0 aliphatic rings. The number of oxazole rings is 1. The van der Waals surface area contributed by atoms with Crippen LogP contribution < -0.4 is 10.5 Å². The molecule has 0 saturated heterocycles. The molecule has 3 aromatic rings. The van der Waals surface area contributed by atoms with Gasteiger partial charge in [0.15, 0.2) is 11.3 Å². The zero-order chi connectivity index (χ0) is 12.5. The minimum absolute atomic E-state index is 0.202. The summed E-state index contributed by atoms with van der Waals surface area (Å²) in [5.74, 6) is 0.557. The van der Waals surface area contributed by atoms with Gasteiger partial charge in [0, 0.05) is 0 Å². The quantitative estimate of drug-likeness (QED) is 0.696. The van der Waals surface area contributed by atoms with Crippen molar-refractivity contribution in [3.8, 4) is 11.8 Å². The first kappa shape index (κ1) is 10.7. The zero-order valence-corrected chi connectivity index (χ0v) is 9.88. The zero-order valence-electron chi connectivity index (χ0n) is 9.88. The summed E-state index contributed by atoms with van der Waals surface area (Å²) in [6.07, 6.45) is 0.202. The van der Waals surface area contributed by atoms with Crippen molar-refractivity contribution >= 4 is 16.8 Å². The molecule has 2 N–H and O–H groups in total. The Morgan fingerprint density at radius 1 is 1.11 bits per heavy atom. The van der Waals surface area contributed by atoms with Crippen molar-refractivity contribution in [1.29, 1.82) is 0 Å². The number of hydrogen-bond acceptors (Lipinski definition) is 4. The number of nitrogens with two attached hydrogens (primary N) is 1. The molecule has 0 atom stereocenters. The normalized spacial score (nSPS) is 10.7. The van der Waals surface area contributed by atoms with Crippen LogP contribution in [0.2, 0.25) is 0 Å². The van der Waals surface area contributed by atoms with Gasteiger partial charge in [-0.05, 0) is 30.7 Å². The number of rotatable bonds is 2. The third-order valence-electron chi connectivity index (χ3n) is 2.76. The molecule has 3 rings (SSSR count). The Labute approximate surface area is 104 Å². The number of para-hydroxylation sites is 3. The molecule has 1 heterocycles. The highest BCUT2D eigenvalue weighted by Gasteiger charge is 2.10. The first-order valence-electron chi connectivity index (χ1n) is 5.62. The maximum Gasteiger partial charge on any atom is 0.400 e. The molecule has 90 valence electrons.